The van der Waals surface area contributed by atoms with Gasteiger partial charge in [-0.1, -0.05) is 54.7 Å². The smallest absolute Gasteiger partial charge is 0.121 e. The van der Waals surface area contributed by atoms with Gasteiger partial charge in [0.15, 0.2) is 0 Å². The summed E-state index contributed by atoms with van der Waals surface area (Å²) in [5.41, 5.74) is 1.92. The summed E-state index contributed by atoms with van der Waals surface area (Å²) in [7, 11) is 0. The third-order valence-electron chi connectivity index (χ3n) is 4.11. The van der Waals surface area contributed by atoms with Crippen LogP contribution < -0.4 is 0 Å². The van der Waals surface area contributed by atoms with Gasteiger partial charge in [0.05, 0.1) is 0 Å². The number of rotatable bonds is 2. The zero-order valence-electron chi connectivity index (χ0n) is 12.7. The molecule has 1 atom stereocenters. The van der Waals surface area contributed by atoms with Gasteiger partial charge in [0, 0.05) is 11.1 Å². The second kappa shape index (κ2) is 7.15. The molecule has 0 amide bonds. The van der Waals surface area contributed by atoms with Crippen LogP contribution in [0.3, 0.4) is 0 Å². The first-order chi connectivity index (χ1) is 10.8. The Hall–Kier alpha value is -2.24. The Balaban J connectivity index is 1.93. The number of hydrogen-bond acceptors (Lipinski definition) is 2. The zero-order chi connectivity index (χ0) is 15.2. The molecule has 0 unspecified atom stereocenters. The highest BCUT2D eigenvalue weighted by Gasteiger charge is 2.22. The van der Waals surface area contributed by atoms with Crippen molar-refractivity contribution < 1.29 is 5.11 Å². The number of likely N-dealkylation sites (tertiary alicyclic amines) is 1. The summed E-state index contributed by atoms with van der Waals surface area (Å²) in [4.78, 5) is 2.38. The molecule has 3 rings (SSSR count). The Morgan fingerprint density at radius 2 is 1.55 bits per heavy atom. The standard InChI is InChI=1S/C20H21NO/c22-20-12-6-5-11-18(20)19(21-15-7-2-8-16-21)14-13-17-9-3-1-4-10-17/h1,3-6,9-12,19,22H,2,7-8,15-16H2/t19-/m1/s1. The highest BCUT2D eigenvalue weighted by molar-refractivity contribution is 5.42. The quantitative estimate of drug-likeness (QED) is 0.846. The minimum atomic E-state index is -0.0401. The zero-order valence-corrected chi connectivity index (χ0v) is 12.7. The summed E-state index contributed by atoms with van der Waals surface area (Å²) in [6.07, 6.45) is 3.70. The first kappa shape index (κ1) is 14.7. The van der Waals surface area contributed by atoms with Crippen molar-refractivity contribution in [3.8, 4) is 17.6 Å². The Morgan fingerprint density at radius 1 is 0.864 bits per heavy atom. The van der Waals surface area contributed by atoms with Crippen molar-refractivity contribution in [2.75, 3.05) is 13.1 Å². The lowest BCUT2D eigenvalue weighted by molar-refractivity contribution is 0.195. The number of para-hydroxylation sites is 1. The summed E-state index contributed by atoms with van der Waals surface area (Å²) in [5.74, 6) is 6.98. The van der Waals surface area contributed by atoms with Crippen molar-refractivity contribution in [2.45, 2.75) is 25.3 Å². The van der Waals surface area contributed by atoms with Gasteiger partial charge in [-0.15, -0.1) is 0 Å². The van der Waals surface area contributed by atoms with Gasteiger partial charge >= 0.3 is 0 Å². The molecule has 1 heterocycles. The largest absolute Gasteiger partial charge is 0.508 e. The van der Waals surface area contributed by atoms with Gasteiger partial charge in [-0.3, -0.25) is 4.90 Å². The number of benzene rings is 2. The number of nitrogens with zero attached hydrogens (tertiary/aromatic N) is 1. The molecule has 1 saturated heterocycles. The summed E-state index contributed by atoms with van der Waals surface area (Å²) < 4.78 is 0. The fraction of sp³-hybridized carbons (Fsp3) is 0.300. The Morgan fingerprint density at radius 3 is 2.27 bits per heavy atom. The van der Waals surface area contributed by atoms with Gasteiger partial charge in [-0.2, -0.15) is 0 Å². The predicted octanol–water partition coefficient (Wildman–Crippen LogP) is 3.97. The molecule has 2 heteroatoms. The minimum Gasteiger partial charge on any atom is -0.508 e. The van der Waals surface area contributed by atoms with Crippen LogP contribution >= 0.6 is 0 Å². The van der Waals surface area contributed by atoms with E-state index in [2.05, 4.69) is 16.7 Å². The lowest BCUT2D eigenvalue weighted by Gasteiger charge is -2.32. The van der Waals surface area contributed by atoms with Crippen molar-refractivity contribution in [3.05, 3.63) is 65.7 Å². The van der Waals surface area contributed by atoms with E-state index < -0.39 is 0 Å². The van der Waals surface area contributed by atoms with E-state index >= 15 is 0 Å². The lowest BCUT2D eigenvalue weighted by atomic mass is 10.0. The van der Waals surface area contributed by atoms with Crippen LogP contribution in [-0.4, -0.2) is 23.1 Å². The summed E-state index contributed by atoms with van der Waals surface area (Å²) in [6, 6.07) is 17.5. The molecule has 0 spiro atoms. The van der Waals surface area contributed by atoms with E-state index in [1.807, 2.05) is 48.5 Å². The maximum atomic E-state index is 10.2. The molecule has 0 aromatic heterocycles. The van der Waals surface area contributed by atoms with Crippen molar-refractivity contribution in [1.29, 1.82) is 0 Å². The number of hydrogen-bond donors (Lipinski definition) is 1. The topological polar surface area (TPSA) is 23.5 Å². The molecule has 0 radical (unpaired) electrons. The molecule has 2 aromatic carbocycles. The van der Waals surface area contributed by atoms with Crippen LogP contribution in [0.15, 0.2) is 54.6 Å². The normalized spacial score (nSPS) is 16.5. The van der Waals surface area contributed by atoms with E-state index in [1.165, 1.54) is 19.3 Å². The molecule has 0 aliphatic carbocycles. The van der Waals surface area contributed by atoms with Gasteiger partial charge in [0.1, 0.15) is 11.8 Å². The first-order valence-electron chi connectivity index (χ1n) is 7.93. The van der Waals surface area contributed by atoms with Crippen LogP contribution in [0.4, 0.5) is 0 Å². The highest BCUT2D eigenvalue weighted by Crippen LogP contribution is 2.30. The molecule has 2 nitrogen and oxygen atoms in total. The molecule has 1 aliphatic rings. The van der Waals surface area contributed by atoms with E-state index in [4.69, 9.17) is 0 Å². The van der Waals surface area contributed by atoms with Crippen LogP contribution in [-0.2, 0) is 0 Å². The minimum absolute atomic E-state index is 0.0401. The molecule has 22 heavy (non-hydrogen) atoms. The average molecular weight is 291 g/mol. The van der Waals surface area contributed by atoms with Gasteiger partial charge in [-0.25, -0.2) is 0 Å². The molecular weight excluding hydrogens is 270 g/mol. The van der Waals surface area contributed by atoms with Crippen LogP contribution in [0.2, 0.25) is 0 Å². The second-order valence-corrected chi connectivity index (χ2v) is 5.69. The molecule has 112 valence electrons. The molecule has 1 N–H and O–H groups in total. The van der Waals surface area contributed by atoms with Gasteiger partial charge in [0.2, 0.25) is 0 Å². The lowest BCUT2D eigenvalue weighted by Crippen LogP contribution is -2.33. The van der Waals surface area contributed by atoms with Crippen LogP contribution in [0.5, 0.6) is 5.75 Å². The predicted molar refractivity (Wildman–Crippen MR) is 89.6 cm³/mol. The second-order valence-electron chi connectivity index (χ2n) is 5.69. The third kappa shape index (κ3) is 3.50. The maximum absolute atomic E-state index is 10.2. The average Bonchev–Trinajstić information content (AvgIpc) is 2.58. The fourth-order valence-corrected chi connectivity index (χ4v) is 2.93. The molecule has 0 bridgehead atoms. The number of aromatic hydroxyl groups is 1. The molecular formula is C20H21NO. The van der Waals surface area contributed by atoms with Crippen LogP contribution in [0.25, 0.3) is 0 Å². The van der Waals surface area contributed by atoms with Crippen molar-refractivity contribution in [3.63, 3.8) is 0 Å². The van der Waals surface area contributed by atoms with Gasteiger partial charge in [0.25, 0.3) is 0 Å². The maximum Gasteiger partial charge on any atom is 0.121 e. The number of phenols is 1. The van der Waals surface area contributed by atoms with Crippen LogP contribution in [0, 0.1) is 11.8 Å². The summed E-state index contributed by atoms with van der Waals surface area (Å²) in [5, 5.41) is 10.2. The van der Waals surface area contributed by atoms with E-state index in [0.717, 1.165) is 24.2 Å². The third-order valence-corrected chi connectivity index (χ3v) is 4.11. The molecule has 1 fully saturated rings. The first-order valence-corrected chi connectivity index (χ1v) is 7.93. The Kier molecular flexibility index (Phi) is 4.78. The summed E-state index contributed by atoms with van der Waals surface area (Å²) >= 11 is 0. The Bertz CT molecular complexity index is 663. The highest BCUT2D eigenvalue weighted by atomic mass is 16.3. The van der Waals surface area contributed by atoms with Gasteiger partial charge < -0.3 is 5.11 Å². The molecule has 0 saturated carbocycles. The van der Waals surface area contributed by atoms with Crippen molar-refractivity contribution in [1.82, 2.24) is 4.90 Å². The number of phenolic OH excluding ortho intramolecular Hbond substituents is 1. The number of piperidine rings is 1. The van der Waals surface area contributed by atoms with Crippen LogP contribution in [0.1, 0.15) is 36.4 Å². The monoisotopic (exact) mass is 291 g/mol. The SMILES string of the molecule is Oc1ccccc1[C@@H](C#Cc1ccccc1)N1CCCCC1. The van der Waals surface area contributed by atoms with E-state index in [-0.39, 0.29) is 6.04 Å². The molecule has 2 aromatic rings. The Labute approximate surface area is 132 Å². The van der Waals surface area contributed by atoms with Crippen molar-refractivity contribution >= 4 is 0 Å². The van der Waals surface area contributed by atoms with E-state index in [0.29, 0.717) is 5.75 Å². The molecule has 1 aliphatic heterocycles. The van der Waals surface area contributed by atoms with Crippen molar-refractivity contribution in [2.24, 2.45) is 0 Å². The van der Waals surface area contributed by atoms with E-state index in [1.54, 1.807) is 6.07 Å². The fourth-order valence-electron chi connectivity index (χ4n) is 2.93. The summed E-state index contributed by atoms with van der Waals surface area (Å²) in [6.45, 7) is 2.09. The van der Waals surface area contributed by atoms with E-state index in [9.17, 15) is 5.11 Å². The van der Waals surface area contributed by atoms with Gasteiger partial charge in [-0.05, 0) is 44.1 Å².